The lowest BCUT2D eigenvalue weighted by Gasteiger charge is -2.31. The van der Waals surface area contributed by atoms with Crippen molar-refractivity contribution in [1.29, 1.82) is 0 Å². The Bertz CT molecular complexity index is 744. The molecule has 1 aliphatic heterocycles. The molecule has 6 nitrogen and oxygen atoms in total. The van der Waals surface area contributed by atoms with Crippen LogP contribution in [0.3, 0.4) is 0 Å². The van der Waals surface area contributed by atoms with Gasteiger partial charge in [-0.25, -0.2) is 19.2 Å². The molecule has 0 aliphatic carbocycles. The number of halogens is 1. The number of nitrogens with zero attached hydrogens (tertiary/aromatic N) is 3. The third kappa shape index (κ3) is 4.51. The molecule has 1 N–H and O–H groups in total. The zero-order valence-corrected chi connectivity index (χ0v) is 14.0. The topological polar surface area (TPSA) is 75.5 Å². The van der Waals surface area contributed by atoms with E-state index in [1.807, 2.05) is 6.92 Å². The summed E-state index contributed by atoms with van der Waals surface area (Å²) in [7, 11) is 0. The van der Waals surface area contributed by atoms with E-state index in [0.29, 0.717) is 18.1 Å². The minimum atomic E-state index is -1.11. The number of piperidine rings is 1. The Balaban J connectivity index is 1.56. The Morgan fingerprint density at radius 1 is 1.32 bits per heavy atom. The van der Waals surface area contributed by atoms with Crippen LogP contribution in [-0.2, 0) is 6.54 Å². The van der Waals surface area contributed by atoms with Crippen molar-refractivity contribution in [2.24, 2.45) is 0 Å². The molecule has 0 amide bonds. The van der Waals surface area contributed by atoms with Crippen LogP contribution in [-0.4, -0.2) is 45.1 Å². The van der Waals surface area contributed by atoms with Gasteiger partial charge in [0.1, 0.15) is 11.9 Å². The molecule has 0 unspecified atom stereocenters. The van der Waals surface area contributed by atoms with Crippen LogP contribution in [0.2, 0.25) is 0 Å². The van der Waals surface area contributed by atoms with E-state index in [2.05, 4.69) is 14.9 Å². The third-order valence-electron chi connectivity index (χ3n) is 4.26. The van der Waals surface area contributed by atoms with Crippen molar-refractivity contribution in [1.82, 2.24) is 14.9 Å². The minimum absolute atomic E-state index is 0.0198. The molecule has 2 aromatic rings. The van der Waals surface area contributed by atoms with Crippen LogP contribution in [0.15, 0.2) is 30.6 Å². The predicted octanol–water partition coefficient (Wildman–Crippen LogP) is 2.67. The molecular weight excluding hydrogens is 325 g/mol. The number of likely N-dealkylation sites (tertiary alicyclic amines) is 1. The van der Waals surface area contributed by atoms with Gasteiger partial charge in [-0.1, -0.05) is 6.07 Å². The van der Waals surface area contributed by atoms with Crippen LogP contribution in [0.4, 0.5) is 4.39 Å². The summed E-state index contributed by atoms with van der Waals surface area (Å²) in [5, 5.41) is 9.23. The zero-order valence-electron chi connectivity index (χ0n) is 14.0. The second kappa shape index (κ2) is 7.57. The minimum Gasteiger partial charge on any atom is -0.478 e. The number of carboxylic acid groups (broad SMARTS) is 1. The van der Waals surface area contributed by atoms with E-state index in [9.17, 15) is 14.3 Å². The van der Waals surface area contributed by atoms with Gasteiger partial charge >= 0.3 is 12.0 Å². The highest BCUT2D eigenvalue weighted by atomic mass is 19.1. The lowest BCUT2D eigenvalue weighted by Crippen LogP contribution is -2.38. The fourth-order valence-electron chi connectivity index (χ4n) is 2.90. The van der Waals surface area contributed by atoms with Crippen molar-refractivity contribution < 1.29 is 19.0 Å². The van der Waals surface area contributed by atoms with Crippen molar-refractivity contribution in [3.8, 4) is 6.01 Å². The second-order valence-electron chi connectivity index (χ2n) is 6.24. The average molecular weight is 345 g/mol. The average Bonchev–Trinajstić information content (AvgIpc) is 2.60. The summed E-state index contributed by atoms with van der Waals surface area (Å²) in [4.78, 5) is 21.7. The molecule has 1 fully saturated rings. The quantitative estimate of drug-likeness (QED) is 0.898. The van der Waals surface area contributed by atoms with E-state index in [-0.39, 0.29) is 11.7 Å². The first-order chi connectivity index (χ1) is 12.0. The predicted molar refractivity (Wildman–Crippen MR) is 89.1 cm³/mol. The molecule has 0 atom stereocenters. The summed E-state index contributed by atoms with van der Waals surface area (Å²) in [6, 6.07) is 4.30. The first-order valence-electron chi connectivity index (χ1n) is 8.20. The molecule has 0 radical (unpaired) electrons. The maximum Gasteiger partial charge on any atom is 0.336 e. The van der Waals surface area contributed by atoms with Crippen molar-refractivity contribution >= 4 is 5.97 Å². The third-order valence-corrected chi connectivity index (χ3v) is 4.26. The molecule has 1 aromatic heterocycles. The number of rotatable bonds is 5. The summed E-state index contributed by atoms with van der Waals surface area (Å²) in [5.41, 5.74) is 1.62. The van der Waals surface area contributed by atoms with Gasteiger partial charge < -0.3 is 9.84 Å². The molecular formula is C18H20FN3O3. The molecule has 3 rings (SSSR count). The van der Waals surface area contributed by atoms with E-state index >= 15 is 0 Å². The smallest absolute Gasteiger partial charge is 0.336 e. The van der Waals surface area contributed by atoms with Gasteiger partial charge in [-0.05, 0) is 43.0 Å². The highest BCUT2D eigenvalue weighted by Crippen LogP contribution is 2.20. The zero-order chi connectivity index (χ0) is 17.8. The molecule has 1 aromatic carbocycles. The molecule has 1 saturated heterocycles. The van der Waals surface area contributed by atoms with Crippen LogP contribution >= 0.6 is 0 Å². The van der Waals surface area contributed by atoms with E-state index in [0.717, 1.165) is 37.6 Å². The normalized spacial score (nSPS) is 15.9. The van der Waals surface area contributed by atoms with Crippen LogP contribution in [0.5, 0.6) is 6.01 Å². The number of carboxylic acids is 1. The number of hydrogen-bond donors (Lipinski definition) is 1. The van der Waals surface area contributed by atoms with Crippen molar-refractivity contribution in [2.45, 2.75) is 32.4 Å². The summed E-state index contributed by atoms with van der Waals surface area (Å²) >= 11 is 0. The van der Waals surface area contributed by atoms with Crippen LogP contribution in [0, 0.1) is 12.7 Å². The maximum atomic E-state index is 13.3. The van der Waals surface area contributed by atoms with E-state index in [1.165, 1.54) is 6.07 Å². The van der Waals surface area contributed by atoms with Crippen molar-refractivity contribution in [3.63, 3.8) is 0 Å². The molecule has 25 heavy (non-hydrogen) atoms. The van der Waals surface area contributed by atoms with Gasteiger partial charge in [0.05, 0.1) is 5.56 Å². The Morgan fingerprint density at radius 3 is 2.64 bits per heavy atom. The first-order valence-corrected chi connectivity index (χ1v) is 8.20. The number of benzene rings is 1. The second-order valence-corrected chi connectivity index (χ2v) is 6.24. The standard InChI is InChI=1S/C18H20FN3O3/c1-12-9-20-18(21-10-12)25-15-4-6-22(7-5-15)11-13-2-3-14(19)8-16(13)17(23)24/h2-3,8-10,15H,4-7,11H2,1H3,(H,23,24). The van der Waals surface area contributed by atoms with Crippen LogP contribution < -0.4 is 4.74 Å². The summed E-state index contributed by atoms with van der Waals surface area (Å²) in [6.07, 6.45) is 5.10. The Labute approximate surface area is 145 Å². The Hall–Kier alpha value is -2.54. The highest BCUT2D eigenvalue weighted by Gasteiger charge is 2.23. The van der Waals surface area contributed by atoms with Gasteiger partial charge in [-0.2, -0.15) is 0 Å². The molecule has 132 valence electrons. The van der Waals surface area contributed by atoms with Gasteiger partial charge in [0.15, 0.2) is 0 Å². The fourth-order valence-corrected chi connectivity index (χ4v) is 2.90. The number of aryl methyl sites for hydroxylation is 1. The Kier molecular flexibility index (Phi) is 5.23. The van der Waals surface area contributed by atoms with E-state index < -0.39 is 11.8 Å². The van der Waals surface area contributed by atoms with Crippen molar-refractivity contribution in [2.75, 3.05) is 13.1 Å². The summed E-state index contributed by atoms with van der Waals surface area (Å²) in [5.74, 6) is -1.64. The lowest BCUT2D eigenvalue weighted by molar-refractivity contribution is 0.0688. The van der Waals surface area contributed by atoms with E-state index in [4.69, 9.17) is 4.74 Å². The SMILES string of the molecule is Cc1cnc(OC2CCN(Cc3ccc(F)cc3C(=O)O)CC2)nc1. The molecule has 0 saturated carbocycles. The first kappa shape index (κ1) is 17.3. The molecule has 1 aliphatic rings. The molecule has 2 heterocycles. The van der Waals surface area contributed by atoms with Gasteiger partial charge in [0.25, 0.3) is 0 Å². The number of carbonyl (C=O) groups is 1. The van der Waals surface area contributed by atoms with Gasteiger partial charge in [0, 0.05) is 32.0 Å². The number of aromatic carboxylic acids is 1. The van der Waals surface area contributed by atoms with Crippen LogP contribution in [0.1, 0.15) is 34.3 Å². The fraction of sp³-hybridized carbons (Fsp3) is 0.389. The monoisotopic (exact) mass is 345 g/mol. The van der Waals surface area contributed by atoms with E-state index in [1.54, 1.807) is 18.5 Å². The van der Waals surface area contributed by atoms with Gasteiger partial charge in [-0.15, -0.1) is 0 Å². The summed E-state index contributed by atoms with van der Waals surface area (Å²) < 4.78 is 19.1. The number of hydrogen-bond acceptors (Lipinski definition) is 5. The molecule has 0 bridgehead atoms. The van der Waals surface area contributed by atoms with Gasteiger partial charge in [0.2, 0.25) is 0 Å². The Morgan fingerprint density at radius 2 is 2.00 bits per heavy atom. The van der Waals surface area contributed by atoms with Gasteiger partial charge in [-0.3, -0.25) is 4.90 Å². The highest BCUT2D eigenvalue weighted by molar-refractivity contribution is 5.89. The molecule has 0 spiro atoms. The molecule has 7 heteroatoms. The van der Waals surface area contributed by atoms with Crippen molar-refractivity contribution in [3.05, 3.63) is 53.1 Å². The van der Waals surface area contributed by atoms with Crippen LogP contribution in [0.25, 0.3) is 0 Å². The largest absolute Gasteiger partial charge is 0.478 e. The number of ether oxygens (including phenoxy) is 1. The lowest BCUT2D eigenvalue weighted by atomic mass is 10.0. The maximum absolute atomic E-state index is 13.3. The number of aromatic nitrogens is 2. The summed E-state index contributed by atoms with van der Waals surface area (Å²) in [6.45, 7) is 3.94.